The summed E-state index contributed by atoms with van der Waals surface area (Å²) in [5, 5.41) is 0. The van der Waals surface area contributed by atoms with Gasteiger partial charge in [-0.15, -0.1) is 0 Å². The van der Waals surface area contributed by atoms with Crippen molar-refractivity contribution in [3.05, 3.63) is 47.5 Å². The molecule has 0 fully saturated rings. The molecule has 1 aromatic carbocycles. The molecule has 0 saturated heterocycles. The van der Waals surface area contributed by atoms with Gasteiger partial charge in [0.05, 0.1) is 0 Å². The van der Waals surface area contributed by atoms with Gasteiger partial charge >= 0.3 is 5.97 Å². The van der Waals surface area contributed by atoms with Crippen LogP contribution >= 0.6 is 0 Å². The third-order valence-electron chi connectivity index (χ3n) is 4.46. The van der Waals surface area contributed by atoms with Gasteiger partial charge in [-0.1, -0.05) is 42.0 Å². The lowest BCUT2D eigenvalue weighted by atomic mass is 9.79. The van der Waals surface area contributed by atoms with Crippen molar-refractivity contribution in [2.45, 2.75) is 58.5 Å². The molecule has 0 bridgehead atoms. The first-order valence-electron chi connectivity index (χ1n) is 7.89. The molecule has 1 unspecified atom stereocenters. The predicted octanol–water partition coefficient (Wildman–Crippen LogP) is 4.69. The Labute approximate surface area is 128 Å². The minimum absolute atomic E-state index is 0.0878. The van der Waals surface area contributed by atoms with Crippen molar-refractivity contribution in [1.29, 1.82) is 0 Å². The molecule has 0 N–H and O–H groups in total. The lowest BCUT2D eigenvalue weighted by molar-refractivity contribution is -0.162. The molecular weight excluding hydrogens is 260 g/mol. The average molecular weight is 286 g/mol. The van der Waals surface area contributed by atoms with Gasteiger partial charge < -0.3 is 4.74 Å². The number of esters is 1. The first-order valence-corrected chi connectivity index (χ1v) is 7.89. The zero-order chi connectivity index (χ0) is 15.3. The molecule has 114 valence electrons. The van der Waals surface area contributed by atoms with Gasteiger partial charge in [0.15, 0.2) is 0 Å². The predicted molar refractivity (Wildman–Crippen MR) is 86.0 cm³/mol. The van der Waals surface area contributed by atoms with E-state index in [0.29, 0.717) is 12.3 Å². The van der Waals surface area contributed by atoms with Gasteiger partial charge in [-0.2, -0.15) is 0 Å². The van der Waals surface area contributed by atoms with Crippen LogP contribution in [0.2, 0.25) is 0 Å². The van der Waals surface area contributed by atoms with Crippen molar-refractivity contribution in [3.8, 4) is 0 Å². The summed E-state index contributed by atoms with van der Waals surface area (Å²) in [4.78, 5) is 12.1. The van der Waals surface area contributed by atoms with Crippen LogP contribution in [0.1, 0.15) is 52.0 Å². The number of rotatable bonds is 5. The van der Waals surface area contributed by atoms with Crippen molar-refractivity contribution >= 4 is 5.97 Å². The van der Waals surface area contributed by atoms with E-state index in [2.05, 4.69) is 13.0 Å². The summed E-state index contributed by atoms with van der Waals surface area (Å²) in [6, 6.07) is 10.1. The van der Waals surface area contributed by atoms with E-state index in [1.54, 1.807) is 0 Å². The molecule has 0 saturated carbocycles. The lowest BCUT2D eigenvalue weighted by Crippen LogP contribution is -2.37. The van der Waals surface area contributed by atoms with Gasteiger partial charge in [0.2, 0.25) is 0 Å². The van der Waals surface area contributed by atoms with E-state index in [1.807, 2.05) is 44.2 Å². The number of ether oxygens (including phenoxy) is 1. The highest BCUT2D eigenvalue weighted by Crippen LogP contribution is 2.34. The highest BCUT2D eigenvalue weighted by molar-refractivity contribution is 5.70. The second-order valence-electron chi connectivity index (χ2n) is 6.58. The van der Waals surface area contributed by atoms with Gasteiger partial charge in [0.1, 0.15) is 5.60 Å². The number of allylic oxidation sites excluding steroid dienone is 2. The fourth-order valence-corrected chi connectivity index (χ4v) is 2.92. The Balaban J connectivity index is 1.83. The number of hydrogen-bond acceptors (Lipinski definition) is 2. The molecule has 1 aliphatic rings. The Morgan fingerprint density at radius 2 is 2.00 bits per heavy atom. The molecule has 2 rings (SSSR count). The van der Waals surface area contributed by atoms with E-state index in [4.69, 9.17) is 4.74 Å². The molecule has 0 amide bonds. The molecule has 1 aromatic rings. The number of carbonyl (C=O) groups excluding carboxylic acids is 1. The number of benzene rings is 1. The maximum atomic E-state index is 12.1. The lowest BCUT2D eigenvalue weighted by Gasteiger charge is -2.35. The van der Waals surface area contributed by atoms with Crippen molar-refractivity contribution in [2.75, 3.05) is 0 Å². The molecule has 1 aliphatic carbocycles. The summed E-state index contributed by atoms with van der Waals surface area (Å²) in [5.74, 6) is 0.344. The van der Waals surface area contributed by atoms with Crippen molar-refractivity contribution in [3.63, 3.8) is 0 Å². The third kappa shape index (κ3) is 4.73. The summed E-state index contributed by atoms with van der Waals surface area (Å²) in [7, 11) is 0. The molecule has 1 atom stereocenters. The molecule has 2 heteroatoms. The van der Waals surface area contributed by atoms with Crippen LogP contribution in [-0.4, -0.2) is 11.6 Å². The van der Waals surface area contributed by atoms with Gasteiger partial charge in [-0.05, 0) is 52.0 Å². The van der Waals surface area contributed by atoms with Crippen molar-refractivity contribution in [1.82, 2.24) is 0 Å². The van der Waals surface area contributed by atoms with Crippen LogP contribution in [0.3, 0.4) is 0 Å². The Kier molecular flexibility index (Phi) is 5.22. The Morgan fingerprint density at radius 3 is 2.62 bits per heavy atom. The van der Waals surface area contributed by atoms with E-state index < -0.39 is 0 Å². The highest BCUT2D eigenvalue weighted by atomic mass is 16.6. The minimum atomic E-state index is -0.370. The fourth-order valence-electron chi connectivity index (χ4n) is 2.92. The Morgan fingerprint density at radius 1 is 1.29 bits per heavy atom. The largest absolute Gasteiger partial charge is 0.459 e. The summed E-state index contributed by atoms with van der Waals surface area (Å²) >= 11 is 0. The Hall–Kier alpha value is -1.57. The molecule has 0 aromatic heterocycles. The molecule has 0 aliphatic heterocycles. The second kappa shape index (κ2) is 6.93. The van der Waals surface area contributed by atoms with Gasteiger partial charge in [0, 0.05) is 12.3 Å². The van der Waals surface area contributed by atoms with Crippen molar-refractivity contribution in [2.24, 2.45) is 5.92 Å². The molecule has 0 spiro atoms. The zero-order valence-electron chi connectivity index (χ0n) is 13.4. The minimum Gasteiger partial charge on any atom is -0.459 e. The summed E-state index contributed by atoms with van der Waals surface area (Å²) in [6.07, 6.45) is 6.74. The first kappa shape index (κ1) is 15.8. The summed E-state index contributed by atoms with van der Waals surface area (Å²) in [6.45, 7) is 6.27. The van der Waals surface area contributed by atoms with E-state index in [1.165, 1.54) is 11.1 Å². The maximum absolute atomic E-state index is 12.1. The number of hydrogen-bond donors (Lipinski definition) is 0. The third-order valence-corrected chi connectivity index (χ3v) is 4.46. The standard InChI is InChI=1S/C19H26O2/c1-15-9-12-17(13-10-15)19(2,3)21-18(20)14-11-16-7-5-4-6-8-16/h4-9,17H,10-14H2,1-3H3. The van der Waals surface area contributed by atoms with Crippen LogP contribution in [0.5, 0.6) is 0 Å². The average Bonchev–Trinajstić information content (AvgIpc) is 2.46. The monoisotopic (exact) mass is 286 g/mol. The van der Waals surface area contributed by atoms with Crippen LogP contribution in [0.4, 0.5) is 0 Å². The van der Waals surface area contributed by atoms with E-state index in [-0.39, 0.29) is 11.6 Å². The van der Waals surface area contributed by atoms with E-state index in [9.17, 15) is 4.79 Å². The summed E-state index contributed by atoms with van der Waals surface area (Å²) in [5.41, 5.74) is 2.27. The van der Waals surface area contributed by atoms with E-state index >= 15 is 0 Å². The van der Waals surface area contributed by atoms with Crippen LogP contribution in [0, 0.1) is 5.92 Å². The van der Waals surface area contributed by atoms with Crippen LogP contribution in [0.25, 0.3) is 0 Å². The normalized spacial score (nSPS) is 19.0. The van der Waals surface area contributed by atoms with E-state index in [0.717, 1.165) is 25.7 Å². The highest BCUT2D eigenvalue weighted by Gasteiger charge is 2.33. The maximum Gasteiger partial charge on any atom is 0.306 e. The van der Waals surface area contributed by atoms with Gasteiger partial charge in [0.25, 0.3) is 0 Å². The van der Waals surface area contributed by atoms with Crippen LogP contribution < -0.4 is 0 Å². The first-order chi connectivity index (χ1) is 9.97. The van der Waals surface area contributed by atoms with Crippen LogP contribution in [0.15, 0.2) is 42.0 Å². The summed E-state index contributed by atoms with van der Waals surface area (Å²) < 4.78 is 5.77. The molecule has 21 heavy (non-hydrogen) atoms. The topological polar surface area (TPSA) is 26.3 Å². The molecular formula is C19H26O2. The zero-order valence-corrected chi connectivity index (χ0v) is 13.4. The van der Waals surface area contributed by atoms with Crippen molar-refractivity contribution < 1.29 is 9.53 Å². The molecule has 0 heterocycles. The fraction of sp³-hybridized carbons (Fsp3) is 0.526. The number of aryl methyl sites for hydroxylation is 1. The smallest absolute Gasteiger partial charge is 0.306 e. The van der Waals surface area contributed by atoms with Gasteiger partial charge in [-0.25, -0.2) is 0 Å². The van der Waals surface area contributed by atoms with Gasteiger partial charge in [-0.3, -0.25) is 4.79 Å². The Bertz CT molecular complexity index is 500. The molecule has 2 nitrogen and oxygen atoms in total. The molecule has 0 radical (unpaired) electrons. The SMILES string of the molecule is CC1=CCC(C(C)(C)OC(=O)CCc2ccccc2)CC1. The second-order valence-corrected chi connectivity index (χ2v) is 6.58. The quantitative estimate of drug-likeness (QED) is 0.580. The number of carbonyl (C=O) groups is 1. The van der Waals surface area contributed by atoms with Crippen LogP contribution in [-0.2, 0) is 16.0 Å².